The quantitative estimate of drug-likeness (QED) is 0.298. The Bertz CT molecular complexity index is 1500. The first-order chi connectivity index (χ1) is 16.7. The fraction of sp³-hybridized carbons (Fsp3) is 0.207. The monoisotopic (exact) mass is 469 g/mol. The van der Waals surface area contributed by atoms with E-state index in [4.69, 9.17) is 4.42 Å². The van der Waals surface area contributed by atoms with Crippen LogP contribution in [0.1, 0.15) is 63.7 Å². The molecular weight excluding hydrogens is 442 g/mol. The summed E-state index contributed by atoms with van der Waals surface area (Å²) in [5.74, 6) is -0.530. The molecule has 0 fully saturated rings. The van der Waals surface area contributed by atoms with Gasteiger partial charge in [0.05, 0.1) is 17.0 Å². The Kier molecular flexibility index (Phi) is 6.56. The van der Waals surface area contributed by atoms with Gasteiger partial charge in [-0.05, 0) is 44.5 Å². The Morgan fingerprint density at radius 2 is 1.71 bits per heavy atom. The Hall–Kier alpha value is -4.19. The lowest BCUT2D eigenvalue weighted by Gasteiger charge is -2.20. The first-order valence-corrected chi connectivity index (χ1v) is 11.5. The zero-order valence-corrected chi connectivity index (χ0v) is 20.1. The molecule has 6 heteroatoms. The first-order valence-electron chi connectivity index (χ1n) is 11.5. The maximum atomic E-state index is 13.4. The highest BCUT2D eigenvalue weighted by atomic mass is 16.4. The van der Waals surface area contributed by atoms with E-state index in [9.17, 15) is 19.5 Å². The highest BCUT2D eigenvalue weighted by Crippen LogP contribution is 2.32. The minimum Gasteiger partial charge on any atom is -0.478 e. The van der Waals surface area contributed by atoms with Gasteiger partial charge in [0.1, 0.15) is 11.3 Å². The number of Topliss-reactive ketones (excluding diaryl/α,β-unsaturated/α-hetero) is 1. The first kappa shape index (κ1) is 24.0. The van der Waals surface area contributed by atoms with Crippen molar-refractivity contribution in [3.63, 3.8) is 0 Å². The summed E-state index contributed by atoms with van der Waals surface area (Å²) in [7, 11) is 0. The predicted molar refractivity (Wildman–Crippen MR) is 137 cm³/mol. The molecule has 0 aliphatic heterocycles. The van der Waals surface area contributed by atoms with E-state index < -0.39 is 5.97 Å². The number of hydrogen-bond acceptors (Lipinski definition) is 5. The molecule has 0 saturated carbocycles. The molecule has 1 aromatic heterocycles. The number of aryl methyl sites for hydroxylation is 1. The van der Waals surface area contributed by atoms with Crippen molar-refractivity contribution in [2.24, 2.45) is 0 Å². The Morgan fingerprint density at radius 1 is 1.03 bits per heavy atom. The average Bonchev–Trinajstić information content (AvgIpc) is 2.85. The molecule has 0 bridgehead atoms. The fourth-order valence-corrected chi connectivity index (χ4v) is 4.28. The van der Waals surface area contributed by atoms with Crippen molar-refractivity contribution in [2.45, 2.75) is 40.2 Å². The second kappa shape index (κ2) is 9.58. The van der Waals surface area contributed by atoms with Crippen molar-refractivity contribution < 1.29 is 19.1 Å². The lowest BCUT2D eigenvalue weighted by atomic mass is 9.98. The molecule has 0 spiro atoms. The summed E-state index contributed by atoms with van der Waals surface area (Å²) < 4.78 is 6.37. The van der Waals surface area contributed by atoms with Crippen LogP contribution in [0.2, 0.25) is 0 Å². The molecule has 3 aromatic carbocycles. The van der Waals surface area contributed by atoms with Gasteiger partial charge in [-0.25, -0.2) is 4.79 Å². The van der Waals surface area contributed by atoms with Crippen LogP contribution in [-0.2, 0) is 0 Å². The summed E-state index contributed by atoms with van der Waals surface area (Å²) in [5.41, 5.74) is 4.41. The van der Waals surface area contributed by atoms with Gasteiger partial charge in [0.2, 0.25) is 0 Å². The SMILES string of the molecule is CCC(=O)c1ccc(-c2oc3c(C(C)Nc4ccccc4C(=O)O)cc(C)cc3c(=O)c2C)cc1. The van der Waals surface area contributed by atoms with Gasteiger partial charge in [-0.15, -0.1) is 0 Å². The van der Waals surface area contributed by atoms with Crippen LogP contribution in [0.4, 0.5) is 5.69 Å². The van der Waals surface area contributed by atoms with E-state index >= 15 is 0 Å². The highest BCUT2D eigenvalue weighted by Gasteiger charge is 2.20. The number of fused-ring (bicyclic) bond motifs is 1. The molecule has 0 aliphatic rings. The summed E-state index contributed by atoms with van der Waals surface area (Å²) in [5, 5.41) is 13.3. The number of carbonyl (C=O) groups is 2. The lowest BCUT2D eigenvalue weighted by molar-refractivity contribution is 0.0697. The van der Waals surface area contributed by atoms with Gasteiger partial charge in [0.25, 0.3) is 0 Å². The Morgan fingerprint density at radius 3 is 2.37 bits per heavy atom. The number of benzene rings is 3. The Labute approximate surface area is 203 Å². The van der Waals surface area contributed by atoms with E-state index in [1.165, 1.54) is 0 Å². The van der Waals surface area contributed by atoms with Crippen molar-refractivity contribution in [3.8, 4) is 11.3 Å². The topological polar surface area (TPSA) is 96.6 Å². The molecule has 1 atom stereocenters. The minimum absolute atomic E-state index is 0.0486. The minimum atomic E-state index is -1.02. The zero-order valence-electron chi connectivity index (χ0n) is 20.1. The number of hydrogen-bond donors (Lipinski definition) is 2. The molecule has 0 radical (unpaired) electrons. The molecule has 35 heavy (non-hydrogen) atoms. The molecule has 0 saturated heterocycles. The van der Waals surface area contributed by atoms with Crippen LogP contribution in [0.25, 0.3) is 22.3 Å². The van der Waals surface area contributed by atoms with Crippen molar-refractivity contribution in [1.29, 1.82) is 0 Å². The predicted octanol–water partition coefficient (Wildman–Crippen LogP) is 6.54. The van der Waals surface area contributed by atoms with Crippen LogP contribution in [0.5, 0.6) is 0 Å². The summed E-state index contributed by atoms with van der Waals surface area (Å²) >= 11 is 0. The summed E-state index contributed by atoms with van der Waals surface area (Å²) in [6, 6.07) is 17.2. The second-order valence-corrected chi connectivity index (χ2v) is 8.69. The van der Waals surface area contributed by atoms with E-state index in [0.29, 0.717) is 45.5 Å². The van der Waals surface area contributed by atoms with Crippen LogP contribution in [-0.4, -0.2) is 16.9 Å². The Balaban J connectivity index is 1.85. The zero-order chi connectivity index (χ0) is 25.3. The maximum absolute atomic E-state index is 13.4. The number of carboxylic acid groups (broad SMARTS) is 1. The normalized spacial score (nSPS) is 11.9. The molecule has 178 valence electrons. The average molecular weight is 470 g/mol. The summed E-state index contributed by atoms with van der Waals surface area (Å²) in [4.78, 5) is 37.0. The van der Waals surface area contributed by atoms with Gasteiger partial charge in [0.15, 0.2) is 11.2 Å². The van der Waals surface area contributed by atoms with Gasteiger partial charge in [-0.2, -0.15) is 0 Å². The van der Waals surface area contributed by atoms with Crippen molar-refractivity contribution in [3.05, 3.63) is 98.7 Å². The van der Waals surface area contributed by atoms with E-state index in [1.807, 2.05) is 32.9 Å². The van der Waals surface area contributed by atoms with Crippen molar-refractivity contribution in [2.75, 3.05) is 5.32 Å². The van der Waals surface area contributed by atoms with Gasteiger partial charge in [-0.1, -0.05) is 49.4 Å². The van der Waals surface area contributed by atoms with E-state index in [2.05, 4.69) is 5.32 Å². The van der Waals surface area contributed by atoms with Gasteiger partial charge >= 0.3 is 5.97 Å². The third-order valence-corrected chi connectivity index (χ3v) is 6.18. The third kappa shape index (κ3) is 4.60. The van der Waals surface area contributed by atoms with Crippen molar-refractivity contribution >= 4 is 28.4 Å². The lowest BCUT2D eigenvalue weighted by Crippen LogP contribution is -2.14. The summed E-state index contributed by atoms with van der Waals surface area (Å²) in [6.07, 6.45) is 0.419. The van der Waals surface area contributed by atoms with E-state index in [1.54, 1.807) is 55.5 Å². The standard InChI is InChI=1S/C29H27NO5/c1-5-25(31)19-10-12-20(13-11-19)27-17(3)26(32)23-15-16(2)14-22(28(23)35-27)18(4)30-24-9-7-6-8-21(24)29(33)34/h6-15,18,30H,5H2,1-4H3,(H,33,34). The van der Waals surface area contributed by atoms with Crippen LogP contribution < -0.4 is 10.7 Å². The third-order valence-electron chi connectivity index (χ3n) is 6.18. The number of aromatic carboxylic acids is 1. The number of rotatable bonds is 7. The molecule has 1 unspecified atom stereocenters. The number of carbonyl (C=O) groups excluding carboxylic acids is 1. The van der Waals surface area contributed by atoms with Crippen molar-refractivity contribution in [1.82, 2.24) is 0 Å². The molecule has 2 N–H and O–H groups in total. The number of anilines is 1. The van der Waals surface area contributed by atoms with Gasteiger partial charge in [-0.3, -0.25) is 9.59 Å². The summed E-state index contributed by atoms with van der Waals surface area (Å²) in [6.45, 7) is 7.36. The molecule has 4 aromatic rings. The number of carboxylic acids is 1. The van der Waals surface area contributed by atoms with E-state index in [-0.39, 0.29) is 22.8 Å². The second-order valence-electron chi connectivity index (χ2n) is 8.69. The number of nitrogens with one attached hydrogen (secondary N) is 1. The largest absolute Gasteiger partial charge is 0.478 e. The number of para-hydroxylation sites is 1. The molecule has 0 amide bonds. The highest BCUT2D eigenvalue weighted by molar-refractivity contribution is 5.96. The van der Waals surface area contributed by atoms with Gasteiger partial charge < -0.3 is 14.8 Å². The number of ketones is 1. The molecule has 4 rings (SSSR count). The van der Waals surface area contributed by atoms with Gasteiger partial charge in [0, 0.05) is 34.4 Å². The molecule has 0 aliphatic carbocycles. The molecular formula is C29H27NO5. The fourth-order valence-electron chi connectivity index (χ4n) is 4.28. The molecule has 1 heterocycles. The van der Waals surface area contributed by atoms with Crippen LogP contribution in [0, 0.1) is 13.8 Å². The van der Waals surface area contributed by atoms with Crippen LogP contribution in [0.15, 0.2) is 69.9 Å². The van der Waals surface area contributed by atoms with Crippen LogP contribution in [0.3, 0.4) is 0 Å². The maximum Gasteiger partial charge on any atom is 0.337 e. The van der Waals surface area contributed by atoms with E-state index in [0.717, 1.165) is 11.1 Å². The smallest absolute Gasteiger partial charge is 0.337 e. The van der Waals surface area contributed by atoms with Crippen LogP contribution >= 0.6 is 0 Å². The molecule has 6 nitrogen and oxygen atoms in total.